The minimum atomic E-state index is -1.50. The van der Waals surface area contributed by atoms with Crippen LogP contribution in [-0.2, 0) is 14.4 Å². The molecular weight excluding hydrogens is 464 g/mol. The standard InChI is InChI=1S/C26H28N4O6/c1-3-12(2)18(27)23(33)28-19-20(13-8-10-14(31)11-9-13)29-16-7-5-4-6-15(16)17-22(32)21(26(35)36)30(24(17)29)25(19)34/h4-12,17-18,21-22,24,31-32H,3,27H2,1-2H3,(H,28,33)(H,35,36)/t12-,17-,18-,21-,22-,24+/m0/s1. The molecule has 0 radical (unpaired) electrons. The van der Waals surface area contributed by atoms with Crippen LogP contribution in [0.5, 0.6) is 5.75 Å². The molecule has 10 nitrogen and oxygen atoms in total. The van der Waals surface area contributed by atoms with E-state index < -0.39 is 48.1 Å². The molecule has 1 fully saturated rings. The maximum atomic E-state index is 13.9. The minimum Gasteiger partial charge on any atom is -0.508 e. The van der Waals surface area contributed by atoms with E-state index in [1.165, 1.54) is 12.1 Å². The fraction of sp³-hybridized carbons (Fsp3) is 0.346. The number of aromatic hydroxyl groups is 1. The molecule has 3 aliphatic rings. The Kier molecular flexibility index (Phi) is 5.73. The van der Waals surface area contributed by atoms with Crippen LogP contribution < -0.4 is 16.0 Å². The van der Waals surface area contributed by atoms with E-state index in [1.54, 1.807) is 29.2 Å². The Morgan fingerprint density at radius 1 is 1.14 bits per heavy atom. The summed E-state index contributed by atoms with van der Waals surface area (Å²) in [6, 6.07) is 11.0. The van der Waals surface area contributed by atoms with Crippen molar-refractivity contribution < 1.29 is 29.7 Å². The maximum Gasteiger partial charge on any atom is 0.329 e. The van der Waals surface area contributed by atoms with E-state index in [2.05, 4.69) is 5.32 Å². The summed E-state index contributed by atoms with van der Waals surface area (Å²) in [5.74, 6) is -3.43. The number of hydrogen-bond acceptors (Lipinski definition) is 7. The van der Waals surface area contributed by atoms with E-state index in [1.807, 2.05) is 26.0 Å². The number of phenols is 1. The van der Waals surface area contributed by atoms with Gasteiger partial charge in [0.1, 0.15) is 17.6 Å². The number of aliphatic hydroxyl groups is 1. The molecular formula is C26H28N4O6. The number of aliphatic carboxylic acids is 1. The molecule has 2 aromatic rings. The molecule has 6 N–H and O–H groups in total. The van der Waals surface area contributed by atoms with Crippen molar-refractivity contribution in [3.05, 3.63) is 65.4 Å². The Balaban J connectivity index is 1.75. The average molecular weight is 493 g/mol. The Hall–Kier alpha value is -3.89. The van der Waals surface area contributed by atoms with E-state index >= 15 is 0 Å². The second kappa shape index (κ2) is 8.65. The Bertz CT molecular complexity index is 1280. The second-order valence-electron chi connectivity index (χ2n) is 9.53. The van der Waals surface area contributed by atoms with Crippen LogP contribution in [0.25, 0.3) is 5.70 Å². The van der Waals surface area contributed by atoms with Gasteiger partial charge in [0.25, 0.3) is 5.91 Å². The number of carboxylic acids is 1. The van der Waals surface area contributed by atoms with Crippen LogP contribution in [0.3, 0.4) is 0 Å². The highest BCUT2D eigenvalue weighted by Gasteiger charge is 2.63. The zero-order valence-electron chi connectivity index (χ0n) is 19.8. The number of nitrogens with zero attached hydrogens (tertiary/aromatic N) is 2. The van der Waals surface area contributed by atoms with E-state index in [-0.39, 0.29) is 17.4 Å². The van der Waals surface area contributed by atoms with E-state index in [0.717, 1.165) is 4.90 Å². The number of carboxylic acid groups (broad SMARTS) is 1. The van der Waals surface area contributed by atoms with Gasteiger partial charge in [-0.15, -0.1) is 0 Å². The van der Waals surface area contributed by atoms with Crippen molar-refractivity contribution in [3.63, 3.8) is 0 Å². The molecule has 0 unspecified atom stereocenters. The van der Waals surface area contributed by atoms with Gasteiger partial charge in [0.2, 0.25) is 5.91 Å². The first-order valence-electron chi connectivity index (χ1n) is 11.9. The predicted molar refractivity (Wildman–Crippen MR) is 130 cm³/mol. The third-order valence-corrected chi connectivity index (χ3v) is 7.55. The van der Waals surface area contributed by atoms with Gasteiger partial charge in [0, 0.05) is 11.3 Å². The van der Waals surface area contributed by atoms with E-state index in [0.29, 0.717) is 28.9 Å². The summed E-state index contributed by atoms with van der Waals surface area (Å²) >= 11 is 0. The number of fused-ring (bicyclic) bond motifs is 3. The molecule has 2 amide bonds. The number of rotatable bonds is 6. The first-order chi connectivity index (χ1) is 17.2. The summed E-state index contributed by atoms with van der Waals surface area (Å²) in [4.78, 5) is 42.3. The summed E-state index contributed by atoms with van der Waals surface area (Å²) in [6.07, 6.45) is -1.52. The number of para-hydroxylation sites is 1. The van der Waals surface area contributed by atoms with Crippen molar-refractivity contribution in [1.82, 2.24) is 10.2 Å². The van der Waals surface area contributed by atoms with Crippen molar-refractivity contribution in [1.29, 1.82) is 0 Å². The number of anilines is 1. The van der Waals surface area contributed by atoms with Crippen molar-refractivity contribution in [2.75, 3.05) is 4.90 Å². The molecule has 0 saturated carbocycles. The van der Waals surface area contributed by atoms with E-state index in [9.17, 15) is 29.7 Å². The van der Waals surface area contributed by atoms with Gasteiger partial charge >= 0.3 is 5.97 Å². The van der Waals surface area contributed by atoms with Gasteiger partial charge in [-0.05, 0) is 41.8 Å². The van der Waals surface area contributed by atoms with Crippen LogP contribution in [0.2, 0.25) is 0 Å². The summed E-state index contributed by atoms with van der Waals surface area (Å²) in [5, 5.41) is 33.7. The van der Waals surface area contributed by atoms with Gasteiger partial charge < -0.3 is 31.3 Å². The first-order valence-corrected chi connectivity index (χ1v) is 11.9. The van der Waals surface area contributed by atoms with Crippen LogP contribution in [0.4, 0.5) is 5.69 Å². The number of carbonyl (C=O) groups is 3. The summed E-state index contributed by atoms with van der Waals surface area (Å²) in [5.41, 5.74) is 8.29. The monoisotopic (exact) mass is 492 g/mol. The lowest BCUT2D eigenvalue weighted by Crippen LogP contribution is -2.59. The van der Waals surface area contributed by atoms with Crippen molar-refractivity contribution >= 4 is 29.2 Å². The molecule has 0 spiro atoms. The summed E-state index contributed by atoms with van der Waals surface area (Å²) in [7, 11) is 0. The predicted octanol–water partition coefficient (Wildman–Crippen LogP) is 1.15. The lowest BCUT2D eigenvalue weighted by Gasteiger charge is -2.42. The van der Waals surface area contributed by atoms with Gasteiger partial charge in [-0.3, -0.25) is 14.5 Å². The third-order valence-electron chi connectivity index (χ3n) is 7.55. The zero-order chi connectivity index (χ0) is 25.9. The quantitative estimate of drug-likeness (QED) is 0.402. The molecule has 10 heteroatoms. The average Bonchev–Trinajstić information content (AvgIpc) is 3.36. The fourth-order valence-electron chi connectivity index (χ4n) is 5.49. The largest absolute Gasteiger partial charge is 0.508 e. The van der Waals surface area contributed by atoms with Crippen molar-refractivity contribution in [2.45, 2.75) is 50.5 Å². The van der Waals surface area contributed by atoms with Gasteiger partial charge in [-0.25, -0.2) is 4.79 Å². The van der Waals surface area contributed by atoms with Crippen molar-refractivity contribution in [3.8, 4) is 5.75 Å². The SMILES string of the molecule is CC[C@H](C)[C@H](N)C(=O)NC1=C(c2ccc(O)cc2)N2c3ccccc3[C@H]3[C@H](O)[C@@H](C(=O)O)N(C1=O)[C@H]32. The van der Waals surface area contributed by atoms with Crippen LogP contribution in [0, 0.1) is 5.92 Å². The molecule has 1 saturated heterocycles. The van der Waals surface area contributed by atoms with Gasteiger partial charge in [-0.1, -0.05) is 38.5 Å². The first kappa shape index (κ1) is 23.8. The number of amides is 2. The molecule has 0 aromatic heterocycles. The molecule has 5 rings (SSSR count). The molecule has 0 aliphatic carbocycles. The highest BCUT2D eigenvalue weighted by Crippen LogP contribution is 2.55. The number of benzene rings is 2. The Morgan fingerprint density at radius 2 is 1.81 bits per heavy atom. The number of hydrogen-bond donors (Lipinski definition) is 5. The third kappa shape index (κ3) is 3.36. The summed E-state index contributed by atoms with van der Waals surface area (Å²) < 4.78 is 0. The number of aliphatic hydroxyl groups excluding tert-OH is 1. The van der Waals surface area contributed by atoms with Gasteiger partial charge in [-0.2, -0.15) is 0 Å². The van der Waals surface area contributed by atoms with Crippen LogP contribution in [-0.4, -0.2) is 62.4 Å². The fourth-order valence-corrected chi connectivity index (χ4v) is 5.49. The second-order valence-corrected chi connectivity index (χ2v) is 9.53. The molecule has 3 aliphatic heterocycles. The maximum absolute atomic E-state index is 13.9. The molecule has 36 heavy (non-hydrogen) atoms. The smallest absolute Gasteiger partial charge is 0.329 e. The highest BCUT2D eigenvalue weighted by molar-refractivity contribution is 6.11. The summed E-state index contributed by atoms with van der Waals surface area (Å²) in [6.45, 7) is 3.73. The number of nitrogens with two attached hydrogens (primary N) is 1. The zero-order valence-corrected chi connectivity index (χ0v) is 19.8. The molecule has 0 bridgehead atoms. The van der Waals surface area contributed by atoms with E-state index in [4.69, 9.17) is 5.73 Å². The van der Waals surface area contributed by atoms with Crippen molar-refractivity contribution in [2.24, 2.45) is 11.7 Å². The van der Waals surface area contributed by atoms with Gasteiger partial charge in [0.05, 0.1) is 23.8 Å². The molecule has 3 heterocycles. The number of carbonyl (C=O) groups excluding carboxylic acids is 2. The minimum absolute atomic E-state index is 0.0226. The van der Waals surface area contributed by atoms with Crippen LogP contribution in [0.1, 0.15) is 37.3 Å². The lowest BCUT2D eigenvalue weighted by atomic mass is 9.93. The molecule has 2 aromatic carbocycles. The Labute approximate surface area is 207 Å². The Morgan fingerprint density at radius 3 is 2.44 bits per heavy atom. The molecule has 6 atom stereocenters. The number of nitrogens with one attached hydrogen (secondary N) is 1. The number of phenolic OH excluding ortho intramolecular Hbond substituents is 1. The lowest BCUT2D eigenvalue weighted by molar-refractivity contribution is -0.151. The van der Waals surface area contributed by atoms with Gasteiger partial charge in [0.15, 0.2) is 6.04 Å². The molecule has 188 valence electrons. The van der Waals surface area contributed by atoms with Crippen LogP contribution in [0.15, 0.2) is 54.2 Å². The topological polar surface area (TPSA) is 156 Å². The van der Waals surface area contributed by atoms with Crippen LogP contribution >= 0.6 is 0 Å². The highest BCUT2D eigenvalue weighted by atomic mass is 16.4. The normalized spacial score (nSPS) is 25.9.